The van der Waals surface area contributed by atoms with Crippen LogP contribution in [0.15, 0.2) is 42.5 Å². The number of benzene rings is 2. The predicted molar refractivity (Wildman–Crippen MR) is 80.6 cm³/mol. The summed E-state index contributed by atoms with van der Waals surface area (Å²) in [6.07, 6.45) is 1.39. The number of rotatable bonds is 5. The summed E-state index contributed by atoms with van der Waals surface area (Å²) in [4.78, 5) is 12.1. The van der Waals surface area contributed by atoms with E-state index >= 15 is 0 Å². The molecule has 0 aliphatic rings. The van der Waals surface area contributed by atoms with Crippen molar-refractivity contribution in [2.75, 3.05) is 17.7 Å². The van der Waals surface area contributed by atoms with Gasteiger partial charge in [-0.3, -0.25) is 4.79 Å². The average Bonchev–Trinajstić information content (AvgIpc) is 2.48. The minimum atomic E-state index is -0.612. The van der Waals surface area contributed by atoms with Crippen LogP contribution in [0.1, 0.15) is 22.3 Å². The van der Waals surface area contributed by atoms with E-state index in [-0.39, 0.29) is 17.9 Å². The molecule has 2 rings (SSSR count). The van der Waals surface area contributed by atoms with Crippen LogP contribution in [0.4, 0.5) is 15.8 Å². The number of anilines is 2. The van der Waals surface area contributed by atoms with Gasteiger partial charge in [-0.2, -0.15) is 0 Å². The molecule has 0 radical (unpaired) electrons. The van der Waals surface area contributed by atoms with Gasteiger partial charge >= 0.3 is 0 Å². The molecule has 0 fully saturated rings. The van der Waals surface area contributed by atoms with Crippen molar-refractivity contribution >= 4 is 17.3 Å². The van der Waals surface area contributed by atoms with Gasteiger partial charge in [-0.05, 0) is 42.7 Å². The Balaban J connectivity index is 2.14. The van der Waals surface area contributed by atoms with Crippen molar-refractivity contribution in [3.8, 4) is 0 Å². The highest BCUT2D eigenvalue weighted by molar-refractivity contribution is 6.07. The molecule has 5 heteroatoms. The zero-order chi connectivity index (χ0) is 15.2. The molecular formula is C16H17FN2O2. The first-order valence-corrected chi connectivity index (χ1v) is 6.67. The van der Waals surface area contributed by atoms with Gasteiger partial charge in [-0.15, -0.1) is 0 Å². The van der Waals surface area contributed by atoms with Gasteiger partial charge in [0.05, 0.1) is 11.3 Å². The van der Waals surface area contributed by atoms with Crippen LogP contribution in [0.25, 0.3) is 0 Å². The van der Waals surface area contributed by atoms with Crippen molar-refractivity contribution in [1.29, 1.82) is 0 Å². The van der Waals surface area contributed by atoms with Crippen molar-refractivity contribution < 1.29 is 14.3 Å². The zero-order valence-electron chi connectivity index (χ0n) is 11.5. The largest absolute Gasteiger partial charge is 0.396 e. The summed E-state index contributed by atoms with van der Waals surface area (Å²) in [6, 6.07) is 11.4. The Labute approximate surface area is 122 Å². The maximum atomic E-state index is 13.4. The van der Waals surface area contributed by atoms with Crippen LogP contribution >= 0.6 is 0 Å². The Morgan fingerprint density at radius 3 is 2.76 bits per heavy atom. The summed E-state index contributed by atoms with van der Waals surface area (Å²) in [7, 11) is 0. The number of aryl methyl sites for hydroxylation is 1. The number of nitrogens with two attached hydrogens (primary N) is 1. The van der Waals surface area contributed by atoms with Gasteiger partial charge in [0.25, 0.3) is 5.91 Å². The summed E-state index contributed by atoms with van der Waals surface area (Å²) in [5.41, 5.74) is 7.13. The number of hydrogen-bond donors (Lipinski definition) is 3. The third-order valence-corrected chi connectivity index (χ3v) is 3.11. The Morgan fingerprint density at radius 2 is 2.00 bits per heavy atom. The second-order valence-electron chi connectivity index (χ2n) is 4.68. The highest BCUT2D eigenvalue weighted by Crippen LogP contribution is 2.18. The van der Waals surface area contributed by atoms with Gasteiger partial charge in [0.2, 0.25) is 0 Å². The van der Waals surface area contributed by atoms with Crippen LogP contribution in [-0.2, 0) is 6.42 Å². The van der Waals surface area contributed by atoms with E-state index in [1.54, 1.807) is 6.07 Å². The number of nitrogen functional groups attached to an aromatic ring is 1. The molecule has 4 N–H and O–H groups in total. The minimum Gasteiger partial charge on any atom is -0.396 e. The lowest BCUT2D eigenvalue weighted by Gasteiger charge is -2.09. The standard InChI is InChI=1S/C16H17FN2O2/c17-14-8-2-7-13(15(14)18)16(21)19-12-6-1-4-11(10-12)5-3-9-20/h1-2,4,6-8,10,20H,3,5,9,18H2,(H,19,21). The minimum absolute atomic E-state index is 0.107. The second-order valence-corrected chi connectivity index (χ2v) is 4.68. The lowest BCUT2D eigenvalue weighted by molar-refractivity contribution is 0.102. The lowest BCUT2D eigenvalue weighted by atomic mass is 10.1. The number of amides is 1. The van der Waals surface area contributed by atoms with Crippen LogP contribution in [0, 0.1) is 5.82 Å². The molecule has 0 aliphatic carbocycles. The summed E-state index contributed by atoms with van der Waals surface area (Å²) in [5, 5.41) is 11.5. The number of halogens is 1. The topological polar surface area (TPSA) is 75.4 Å². The van der Waals surface area contributed by atoms with Crippen LogP contribution in [0.3, 0.4) is 0 Å². The molecule has 2 aromatic rings. The smallest absolute Gasteiger partial charge is 0.257 e. The van der Waals surface area contributed by atoms with Gasteiger partial charge < -0.3 is 16.2 Å². The molecule has 4 nitrogen and oxygen atoms in total. The molecule has 0 unspecified atom stereocenters. The Bertz CT molecular complexity index is 644. The van der Waals surface area contributed by atoms with Crippen molar-refractivity contribution in [3.63, 3.8) is 0 Å². The fourth-order valence-corrected chi connectivity index (χ4v) is 2.02. The number of hydrogen-bond acceptors (Lipinski definition) is 3. The van der Waals surface area contributed by atoms with E-state index in [9.17, 15) is 9.18 Å². The summed E-state index contributed by atoms with van der Waals surface area (Å²) < 4.78 is 13.4. The fourth-order valence-electron chi connectivity index (χ4n) is 2.02. The van der Waals surface area contributed by atoms with Crippen molar-refractivity contribution in [1.82, 2.24) is 0 Å². The Kier molecular flexibility index (Phi) is 4.90. The van der Waals surface area contributed by atoms with E-state index in [1.165, 1.54) is 18.2 Å². The first-order valence-electron chi connectivity index (χ1n) is 6.67. The van der Waals surface area contributed by atoms with E-state index in [0.29, 0.717) is 12.1 Å². The molecule has 110 valence electrons. The number of para-hydroxylation sites is 1. The van der Waals surface area contributed by atoms with Crippen molar-refractivity contribution in [2.24, 2.45) is 0 Å². The number of nitrogens with one attached hydrogen (secondary N) is 1. The van der Waals surface area contributed by atoms with E-state index in [2.05, 4.69) is 5.32 Å². The average molecular weight is 288 g/mol. The molecule has 0 heterocycles. The maximum Gasteiger partial charge on any atom is 0.257 e. The molecule has 0 saturated carbocycles. The molecule has 0 atom stereocenters. The van der Waals surface area contributed by atoms with Crippen molar-refractivity contribution in [2.45, 2.75) is 12.8 Å². The van der Waals surface area contributed by atoms with Crippen LogP contribution in [0.5, 0.6) is 0 Å². The predicted octanol–water partition coefficient (Wildman–Crippen LogP) is 2.59. The quantitative estimate of drug-likeness (QED) is 0.740. The van der Waals surface area contributed by atoms with E-state index < -0.39 is 11.7 Å². The first-order chi connectivity index (χ1) is 10.1. The molecule has 21 heavy (non-hydrogen) atoms. The molecule has 0 saturated heterocycles. The lowest BCUT2D eigenvalue weighted by Crippen LogP contribution is -2.14. The summed E-state index contributed by atoms with van der Waals surface area (Å²) >= 11 is 0. The van der Waals surface area contributed by atoms with E-state index in [4.69, 9.17) is 10.8 Å². The number of aliphatic hydroxyl groups is 1. The molecule has 1 amide bonds. The summed E-state index contributed by atoms with van der Waals surface area (Å²) in [6.45, 7) is 0.121. The third-order valence-electron chi connectivity index (χ3n) is 3.11. The van der Waals surface area contributed by atoms with Gasteiger partial charge in [0, 0.05) is 12.3 Å². The highest BCUT2D eigenvalue weighted by Gasteiger charge is 2.12. The monoisotopic (exact) mass is 288 g/mol. The molecule has 2 aromatic carbocycles. The Morgan fingerprint density at radius 1 is 1.24 bits per heavy atom. The summed E-state index contributed by atoms with van der Waals surface area (Å²) in [5.74, 6) is -1.06. The first kappa shape index (κ1) is 15.0. The molecule has 0 bridgehead atoms. The number of carbonyl (C=O) groups excluding carboxylic acids is 1. The normalized spacial score (nSPS) is 10.4. The van der Waals surface area contributed by atoms with Crippen LogP contribution in [-0.4, -0.2) is 17.6 Å². The molecular weight excluding hydrogens is 271 g/mol. The van der Waals surface area contributed by atoms with Crippen LogP contribution in [0.2, 0.25) is 0 Å². The number of carbonyl (C=O) groups is 1. The van der Waals surface area contributed by atoms with Gasteiger partial charge in [-0.1, -0.05) is 18.2 Å². The maximum absolute atomic E-state index is 13.4. The van der Waals surface area contributed by atoms with Gasteiger partial charge in [0.15, 0.2) is 0 Å². The van der Waals surface area contributed by atoms with Gasteiger partial charge in [-0.25, -0.2) is 4.39 Å². The van der Waals surface area contributed by atoms with Gasteiger partial charge in [0.1, 0.15) is 5.82 Å². The number of aliphatic hydroxyl groups excluding tert-OH is 1. The molecule has 0 aliphatic heterocycles. The zero-order valence-corrected chi connectivity index (χ0v) is 11.5. The fraction of sp³-hybridized carbons (Fsp3) is 0.188. The van der Waals surface area contributed by atoms with E-state index in [1.807, 2.05) is 18.2 Å². The Hall–Kier alpha value is -2.40. The second kappa shape index (κ2) is 6.85. The highest BCUT2D eigenvalue weighted by atomic mass is 19.1. The SMILES string of the molecule is Nc1c(F)cccc1C(=O)Nc1cccc(CCCO)c1. The third kappa shape index (κ3) is 3.79. The molecule has 0 spiro atoms. The van der Waals surface area contributed by atoms with Crippen LogP contribution < -0.4 is 11.1 Å². The van der Waals surface area contributed by atoms with Crippen molar-refractivity contribution in [3.05, 3.63) is 59.4 Å². The molecule has 0 aromatic heterocycles. The van der Waals surface area contributed by atoms with E-state index in [0.717, 1.165) is 12.0 Å².